The number of rotatable bonds is 0. The van der Waals surface area contributed by atoms with Gasteiger partial charge in [0.2, 0.25) is 0 Å². The molecule has 0 aromatic rings. The first-order chi connectivity index (χ1) is 6.41. The Bertz CT molecular complexity index is 130. The quantitative estimate of drug-likeness (QED) is 0.635. The summed E-state index contributed by atoms with van der Waals surface area (Å²) in [7, 11) is 9.63. The molecule has 13 heavy (non-hydrogen) atoms. The second-order valence-electron chi connectivity index (χ2n) is 1.81. The Labute approximate surface area is 93.4 Å². The summed E-state index contributed by atoms with van der Waals surface area (Å²) in [6, 6.07) is 0. The van der Waals surface area contributed by atoms with Crippen molar-refractivity contribution in [2.75, 3.05) is 26.3 Å². The van der Waals surface area contributed by atoms with Crippen LogP contribution in [0.25, 0.3) is 0 Å². The minimum absolute atomic E-state index is 0.106. The molecule has 0 bridgehead atoms. The van der Waals surface area contributed by atoms with E-state index in [9.17, 15) is 0 Å². The van der Waals surface area contributed by atoms with Crippen LogP contribution < -0.4 is 0 Å². The van der Waals surface area contributed by atoms with Gasteiger partial charge in [0.05, 0.1) is 13.1 Å². The van der Waals surface area contributed by atoms with E-state index in [1.54, 1.807) is 0 Å². The fourth-order valence-electron chi connectivity index (χ4n) is 0.527. The van der Waals surface area contributed by atoms with Crippen LogP contribution in [-0.2, 0) is 25.4 Å². The van der Waals surface area contributed by atoms with Gasteiger partial charge < -0.3 is 9.47 Å². The molecule has 0 aliphatic carbocycles. The molecule has 4 nitrogen and oxygen atoms in total. The summed E-state index contributed by atoms with van der Waals surface area (Å²) in [5, 5.41) is 0. The van der Waals surface area contributed by atoms with Crippen LogP contribution in [0.2, 0.25) is 0 Å². The Balaban J connectivity index is 0.000000174. The molecule has 2 aliphatic rings. The number of ether oxygens (including phenoxy) is 2. The second kappa shape index (κ2) is 12.2. The minimum atomic E-state index is -0.106. The average Bonchev–Trinajstić information content (AvgIpc) is 2.85. The number of halogens is 2. The number of aliphatic imine (C=N–C) groups is 2. The zero-order valence-electron chi connectivity index (χ0n) is 6.77. The van der Waals surface area contributed by atoms with E-state index in [1.165, 1.54) is 12.8 Å². The first kappa shape index (κ1) is 13.2. The van der Waals surface area contributed by atoms with E-state index in [1.807, 2.05) is 0 Å². The zero-order valence-corrected chi connectivity index (χ0v) is 9.83. The van der Waals surface area contributed by atoms with Crippen LogP contribution >= 0.6 is 19.1 Å². The predicted octanol–water partition coefficient (Wildman–Crippen LogP) is 1.47. The molecular weight excluding hydrogens is 309 g/mol. The van der Waals surface area contributed by atoms with Crippen molar-refractivity contribution in [3.8, 4) is 0 Å². The Morgan fingerprint density at radius 3 is 1.46 bits per heavy atom. The van der Waals surface area contributed by atoms with E-state index in [0.717, 1.165) is 26.3 Å². The summed E-state index contributed by atoms with van der Waals surface area (Å²) >= 11 is -0.106. The van der Waals surface area contributed by atoms with Gasteiger partial charge in [0, 0.05) is 0 Å². The van der Waals surface area contributed by atoms with Crippen molar-refractivity contribution in [3.05, 3.63) is 0 Å². The Hall–Kier alpha value is 0.182. The summed E-state index contributed by atoms with van der Waals surface area (Å²) in [5.41, 5.74) is 0. The molecule has 0 saturated heterocycles. The van der Waals surface area contributed by atoms with Gasteiger partial charge in [0.25, 0.3) is 0 Å². The van der Waals surface area contributed by atoms with Gasteiger partial charge in [-0.05, 0) is 0 Å². The molecular formula is C6H10Cl2N2O2Pd. The molecule has 0 atom stereocenters. The van der Waals surface area contributed by atoms with Gasteiger partial charge >= 0.3 is 35.0 Å². The van der Waals surface area contributed by atoms with Gasteiger partial charge in [-0.1, -0.05) is 0 Å². The first-order valence-electron chi connectivity index (χ1n) is 3.44. The molecule has 0 saturated carbocycles. The second-order valence-corrected chi connectivity index (χ2v) is 4.17. The molecule has 2 rings (SSSR count). The average molecular weight is 319 g/mol. The molecule has 80 valence electrons. The number of nitrogens with zero attached hydrogens (tertiary/aromatic N) is 2. The summed E-state index contributed by atoms with van der Waals surface area (Å²) in [4.78, 5) is 7.47. The van der Waals surface area contributed by atoms with Crippen LogP contribution in [0.1, 0.15) is 0 Å². The molecule has 0 spiro atoms. The maximum atomic E-state index is 4.81. The van der Waals surface area contributed by atoms with Crippen molar-refractivity contribution in [1.82, 2.24) is 0 Å². The molecule has 0 aromatic carbocycles. The van der Waals surface area contributed by atoms with Crippen molar-refractivity contribution in [2.45, 2.75) is 0 Å². The third-order valence-electron chi connectivity index (χ3n) is 0.975. The van der Waals surface area contributed by atoms with E-state index < -0.39 is 0 Å². The van der Waals surface area contributed by atoms with Gasteiger partial charge in [-0.2, -0.15) is 0 Å². The van der Waals surface area contributed by atoms with E-state index in [-0.39, 0.29) is 15.9 Å². The van der Waals surface area contributed by atoms with Gasteiger partial charge in [-0.25, -0.2) is 0 Å². The van der Waals surface area contributed by atoms with Crippen LogP contribution in [0.15, 0.2) is 9.98 Å². The fourth-order valence-corrected chi connectivity index (χ4v) is 0.527. The topological polar surface area (TPSA) is 43.2 Å². The molecule has 2 heterocycles. The monoisotopic (exact) mass is 318 g/mol. The van der Waals surface area contributed by atoms with E-state index in [0.29, 0.717) is 0 Å². The molecule has 7 heteroatoms. The normalized spacial score (nSPS) is 16.5. The summed E-state index contributed by atoms with van der Waals surface area (Å²) in [6.45, 7) is 3.25. The molecule has 2 aliphatic heterocycles. The third kappa shape index (κ3) is 12.2. The Kier molecular flexibility index (Phi) is 12.4. The third-order valence-corrected chi connectivity index (χ3v) is 0.975. The van der Waals surface area contributed by atoms with Crippen LogP contribution in [0, 0.1) is 0 Å². The van der Waals surface area contributed by atoms with E-state index in [2.05, 4.69) is 19.5 Å². The van der Waals surface area contributed by atoms with Crippen molar-refractivity contribution in [3.63, 3.8) is 0 Å². The SMILES string of the molecule is C1=NCCO1.C1=NCCO1.[Cl][Pd][Cl]. The Morgan fingerprint density at radius 2 is 1.38 bits per heavy atom. The summed E-state index contributed by atoms with van der Waals surface area (Å²) < 4.78 is 9.31. The van der Waals surface area contributed by atoms with Crippen LogP contribution in [0.5, 0.6) is 0 Å². The van der Waals surface area contributed by atoms with Crippen molar-refractivity contribution in [2.24, 2.45) is 9.98 Å². The molecule has 0 amide bonds. The molecule has 0 radical (unpaired) electrons. The van der Waals surface area contributed by atoms with Crippen molar-refractivity contribution >= 4 is 31.9 Å². The summed E-state index contributed by atoms with van der Waals surface area (Å²) in [6.07, 6.45) is 2.97. The molecule has 0 fully saturated rings. The number of hydrogen-bond acceptors (Lipinski definition) is 4. The van der Waals surface area contributed by atoms with Gasteiger partial charge in [-0.15, -0.1) is 0 Å². The van der Waals surface area contributed by atoms with E-state index >= 15 is 0 Å². The molecule has 0 aromatic heterocycles. The fraction of sp³-hybridized carbons (Fsp3) is 0.667. The first-order valence-corrected chi connectivity index (χ1v) is 7.44. The van der Waals surface area contributed by atoms with Crippen molar-refractivity contribution < 1.29 is 25.4 Å². The van der Waals surface area contributed by atoms with Gasteiger partial charge in [-0.3, -0.25) is 9.98 Å². The maximum absolute atomic E-state index is 4.81. The molecule has 0 N–H and O–H groups in total. The van der Waals surface area contributed by atoms with E-state index in [4.69, 9.17) is 19.1 Å². The summed E-state index contributed by atoms with van der Waals surface area (Å²) in [5.74, 6) is 0. The predicted molar refractivity (Wildman–Crippen MR) is 50.3 cm³/mol. The molecule has 0 unspecified atom stereocenters. The van der Waals surface area contributed by atoms with Crippen LogP contribution in [-0.4, -0.2) is 39.1 Å². The van der Waals surface area contributed by atoms with Crippen molar-refractivity contribution in [1.29, 1.82) is 0 Å². The van der Waals surface area contributed by atoms with Crippen LogP contribution in [0.3, 0.4) is 0 Å². The number of hydrogen-bond donors (Lipinski definition) is 0. The standard InChI is InChI=1S/2C3H5NO.2ClH.Pd/c2*1-2-5-3-4-1;;;/h2*3H,1-2H2;2*1H;/q;;;;+2/p-2. The van der Waals surface area contributed by atoms with Gasteiger partial charge in [0.15, 0.2) is 12.8 Å². The Morgan fingerprint density at radius 1 is 1.00 bits per heavy atom. The van der Waals surface area contributed by atoms with Crippen LogP contribution in [0.4, 0.5) is 0 Å². The zero-order chi connectivity index (χ0) is 9.78. The van der Waals surface area contributed by atoms with Gasteiger partial charge in [0.1, 0.15) is 13.2 Å².